The molecule has 9 nitrogen and oxygen atoms in total. The summed E-state index contributed by atoms with van der Waals surface area (Å²) >= 11 is 0. The van der Waals surface area contributed by atoms with E-state index in [4.69, 9.17) is 0 Å². The fourth-order valence-electron chi connectivity index (χ4n) is 13.1. The molecule has 5 saturated heterocycles. The third-order valence-corrected chi connectivity index (χ3v) is 15.3. The average molecular weight is 658 g/mol. The molecule has 17 atom stereocenters. The van der Waals surface area contributed by atoms with E-state index in [0.717, 1.165) is 18.4 Å². The number of hydrogen-bond acceptors (Lipinski definition) is 9. The van der Waals surface area contributed by atoms with Gasteiger partial charge in [-0.15, -0.1) is 0 Å². The lowest BCUT2D eigenvalue weighted by Crippen LogP contribution is -2.62. The van der Waals surface area contributed by atoms with Crippen LogP contribution in [0.4, 0.5) is 0 Å². The molecule has 0 spiro atoms. The second kappa shape index (κ2) is 13.4. The van der Waals surface area contributed by atoms with Crippen molar-refractivity contribution < 1.29 is 0 Å². The Hall–Kier alpha value is -1.14. The summed E-state index contributed by atoms with van der Waals surface area (Å²) in [4.78, 5) is 0. The van der Waals surface area contributed by atoms with E-state index < -0.39 is 0 Å². The molecule has 0 aromatic heterocycles. The van der Waals surface area contributed by atoms with Gasteiger partial charge in [-0.05, 0) is 98.4 Å². The summed E-state index contributed by atoms with van der Waals surface area (Å²) in [6.07, 6.45) is 23.2. The van der Waals surface area contributed by atoms with Gasteiger partial charge in [-0.1, -0.05) is 75.3 Å². The Labute approximate surface area is 288 Å². The SMILES string of the molecule is c1ccc(CNC2CCCC3C4NC5NC(NC6NC(NC7NC(NC(N4)C23)C2CCCCC72)C2CCCCC62)C2CCCCC52)cc1. The highest BCUT2D eigenvalue weighted by Gasteiger charge is 2.55. The quantitative estimate of drug-likeness (QED) is 0.242. The van der Waals surface area contributed by atoms with Gasteiger partial charge in [0.25, 0.3) is 0 Å². The van der Waals surface area contributed by atoms with Gasteiger partial charge in [0, 0.05) is 18.5 Å². The first-order valence-corrected chi connectivity index (χ1v) is 20.6. The van der Waals surface area contributed by atoms with Crippen LogP contribution in [0.2, 0.25) is 0 Å². The molecule has 5 aliphatic heterocycles. The number of hydrogen-bond donors (Lipinski definition) is 9. The molecule has 9 aliphatic rings. The summed E-state index contributed by atoms with van der Waals surface area (Å²) in [6, 6.07) is 11.6. The van der Waals surface area contributed by atoms with Crippen molar-refractivity contribution in [3.63, 3.8) is 0 Å². The van der Waals surface area contributed by atoms with Crippen molar-refractivity contribution in [1.82, 2.24) is 47.9 Å². The Morgan fingerprint density at radius 3 is 1.17 bits per heavy atom. The first-order chi connectivity index (χ1) is 23.8. The first-order valence-electron chi connectivity index (χ1n) is 20.6. The topological polar surface area (TPSA) is 108 Å². The van der Waals surface area contributed by atoms with Crippen LogP contribution in [0.15, 0.2) is 30.3 Å². The van der Waals surface area contributed by atoms with Crippen molar-refractivity contribution in [2.24, 2.45) is 47.3 Å². The molecule has 264 valence electrons. The van der Waals surface area contributed by atoms with Gasteiger partial charge in [-0.2, -0.15) is 0 Å². The van der Waals surface area contributed by atoms with Crippen LogP contribution in [0.1, 0.15) is 102 Å². The molecule has 8 bridgehead atoms. The molecule has 9 N–H and O–H groups in total. The summed E-state index contributed by atoms with van der Waals surface area (Å²) in [5.74, 6) is 5.43. The average Bonchev–Trinajstić information content (AvgIpc) is 3.87. The van der Waals surface area contributed by atoms with Crippen molar-refractivity contribution >= 4 is 0 Å². The van der Waals surface area contributed by atoms with E-state index in [2.05, 4.69) is 78.2 Å². The molecular weight excluding hydrogens is 594 g/mol. The maximum absolute atomic E-state index is 4.35. The summed E-state index contributed by atoms with van der Waals surface area (Å²) < 4.78 is 0. The molecule has 9 heteroatoms. The third kappa shape index (κ3) is 5.72. The van der Waals surface area contributed by atoms with E-state index in [1.54, 1.807) is 0 Å². The molecular formula is C39H63N9. The molecule has 0 amide bonds. The zero-order chi connectivity index (χ0) is 31.6. The van der Waals surface area contributed by atoms with Gasteiger partial charge >= 0.3 is 0 Å². The monoisotopic (exact) mass is 658 g/mol. The van der Waals surface area contributed by atoms with Crippen LogP contribution in [0.3, 0.4) is 0 Å². The minimum Gasteiger partial charge on any atom is -0.310 e. The van der Waals surface area contributed by atoms with Gasteiger partial charge in [0.2, 0.25) is 0 Å². The van der Waals surface area contributed by atoms with Crippen LogP contribution in [0.5, 0.6) is 0 Å². The minimum atomic E-state index is 0.294. The van der Waals surface area contributed by atoms with Crippen molar-refractivity contribution in [2.45, 2.75) is 158 Å². The molecule has 0 radical (unpaired) electrons. The zero-order valence-electron chi connectivity index (χ0n) is 29.0. The molecule has 10 rings (SSSR count). The molecule has 1 aromatic carbocycles. The third-order valence-electron chi connectivity index (χ3n) is 15.3. The van der Waals surface area contributed by atoms with Crippen LogP contribution in [0, 0.1) is 47.3 Å². The lowest BCUT2D eigenvalue weighted by Gasteiger charge is -2.40. The summed E-state index contributed by atoms with van der Waals surface area (Å²) in [6.45, 7) is 0.955. The van der Waals surface area contributed by atoms with E-state index in [1.807, 2.05) is 0 Å². The molecule has 4 aliphatic carbocycles. The standard InChI is InChI=1S/C39H63N9/c1-2-11-22(12-3-1)21-40-30-20-10-19-29-31(30)39-47-37-28-18-9-8-17-27(28)35(45-37)43-33-24-14-5-4-13-23(24)32(41-33)42-34-25-15-6-7-16-26(25)36(44-34)46-38(29)48-39/h1-3,11-12,23-48H,4-10,13-21H2. The molecule has 17 unspecified atom stereocenters. The second-order valence-corrected chi connectivity index (χ2v) is 17.6. The van der Waals surface area contributed by atoms with Crippen LogP contribution in [-0.2, 0) is 6.54 Å². The minimum absolute atomic E-state index is 0.294. The maximum Gasteiger partial charge on any atom is 0.0643 e. The van der Waals surface area contributed by atoms with Crippen molar-refractivity contribution in [3.8, 4) is 0 Å². The highest BCUT2D eigenvalue weighted by atomic mass is 15.4. The van der Waals surface area contributed by atoms with Crippen molar-refractivity contribution in [1.29, 1.82) is 0 Å². The predicted molar refractivity (Wildman–Crippen MR) is 190 cm³/mol. The Morgan fingerprint density at radius 2 is 0.750 bits per heavy atom. The van der Waals surface area contributed by atoms with E-state index in [9.17, 15) is 0 Å². The normalized spacial score (nSPS) is 51.5. The van der Waals surface area contributed by atoms with E-state index >= 15 is 0 Å². The Kier molecular flexibility index (Phi) is 8.84. The first kappa shape index (κ1) is 31.6. The molecule has 1 aromatic rings. The second-order valence-electron chi connectivity index (χ2n) is 17.6. The smallest absolute Gasteiger partial charge is 0.0643 e. The molecule has 5 heterocycles. The van der Waals surface area contributed by atoms with Crippen molar-refractivity contribution in [3.05, 3.63) is 35.9 Å². The van der Waals surface area contributed by atoms with Crippen LogP contribution in [0.25, 0.3) is 0 Å². The molecule has 4 saturated carbocycles. The summed E-state index contributed by atoms with van der Waals surface area (Å²) in [7, 11) is 0. The zero-order valence-corrected chi connectivity index (χ0v) is 29.0. The Balaban J connectivity index is 0.975. The molecule has 9 fully saturated rings. The lowest BCUT2D eigenvalue weighted by atomic mass is 9.74. The number of nitrogens with one attached hydrogen (secondary N) is 9. The number of fused-ring (bicyclic) bond motifs is 20. The van der Waals surface area contributed by atoms with E-state index in [1.165, 1.54) is 102 Å². The highest BCUT2D eigenvalue weighted by Crippen LogP contribution is 2.45. The maximum atomic E-state index is 4.35. The number of benzene rings is 1. The Bertz CT molecular complexity index is 1250. The van der Waals surface area contributed by atoms with E-state index in [-0.39, 0.29) is 0 Å². The fraction of sp³-hybridized carbons (Fsp3) is 0.846. The molecule has 48 heavy (non-hydrogen) atoms. The van der Waals surface area contributed by atoms with Crippen LogP contribution in [-0.4, -0.2) is 55.4 Å². The highest BCUT2D eigenvalue weighted by molar-refractivity contribution is 5.15. The largest absolute Gasteiger partial charge is 0.310 e. The van der Waals surface area contributed by atoms with Crippen LogP contribution >= 0.6 is 0 Å². The van der Waals surface area contributed by atoms with E-state index in [0.29, 0.717) is 90.9 Å². The van der Waals surface area contributed by atoms with Gasteiger partial charge in [-0.3, -0.25) is 42.5 Å². The predicted octanol–water partition coefficient (Wildman–Crippen LogP) is 3.37. The van der Waals surface area contributed by atoms with Gasteiger partial charge in [-0.25, -0.2) is 0 Å². The number of rotatable bonds is 3. The van der Waals surface area contributed by atoms with Crippen molar-refractivity contribution in [2.75, 3.05) is 0 Å². The van der Waals surface area contributed by atoms with Gasteiger partial charge in [0.1, 0.15) is 0 Å². The van der Waals surface area contributed by atoms with Gasteiger partial charge in [0.15, 0.2) is 0 Å². The lowest BCUT2D eigenvalue weighted by molar-refractivity contribution is 0.140. The fourth-order valence-corrected chi connectivity index (χ4v) is 13.1. The Morgan fingerprint density at radius 1 is 0.396 bits per heavy atom. The van der Waals surface area contributed by atoms with Gasteiger partial charge < -0.3 is 5.32 Å². The summed E-state index contributed by atoms with van der Waals surface area (Å²) in [5, 5.41) is 38.3. The van der Waals surface area contributed by atoms with Gasteiger partial charge in [0.05, 0.1) is 49.3 Å². The summed E-state index contributed by atoms with van der Waals surface area (Å²) in [5.41, 5.74) is 1.40. The van der Waals surface area contributed by atoms with Crippen LogP contribution < -0.4 is 47.9 Å².